The van der Waals surface area contributed by atoms with Crippen molar-refractivity contribution in [3.8, 4) is 10.6 Å². The summed E-state index contributed by atoms with van der Waals surface area (Å²) in [6.07, 6.45) is 1.02. The molecule has 1 aromatic carbocycles. The van der Waals surface area contributed by atoms with Gasteiger partial charge in [0.05, 0.1) is 5.75 Å². The minimum atomic E-state index is -3.19. The second kappa shape index (κ2) is 7.99. The predicted molar refractivity (Wildman–Crippen MR) is 103 cm³/mol. The van der Waals surface area contributed by atoms with E-state index in [1.807, 2.05) is 12.1 Å². The van der Waals surface area contributed by atoms with E-state index < -0.39 is 10.0 Å². The fourth-order valence-electron chi connectivity index (χ4n) is 2.77. The van der Waals surface area contributed by atoms with Gasteiger partial charge in [-0.25, -0.2) is 12.7 Å². The molecule has 1 fully saturated rings. The Balaban J connectivity index is 1.58. The van der Waals surface area contributed by atoms with Crippen molar-refractivity contribution in [1.29, 1.82) is 0 Å². The summed E-state index contributed by atoms with van der Waals surface area (Å²) in [5, 5.41) is 12.7. The highest BCUT2D eigenvalue weighted by Crippen LogP contribution is 2.28. The van der Waals surface area contributed by atoms with E-state index in [0.29, 0.717) is 41.1 Å². The normalized spacial score (nSPS) is 16.5. The van der Waals surface area contributed by atoms with E-state index in [1.54, 1.807) is 19.1 Å². The van der Waals surface area contributed by atoms with Crippen LogP contribution >= 0.6 is 22.9 Å². The maximum Gasteiger partial charge on any atom is 0.229 e. The Morgan fingerprint density at radius 1 is 1.27 bits per heavy atom. The first-order valence-corrected chi connectivity index (χ1v) is 11.1. The fourth-order valence-corrected chi connectivity index (χ4v) is 4.78. The van der Waals surface area contributed by atoms with Crippen LogP contribution in [0.1, 0.15) is 19.8 Å². The Morgan fingerprint density at radius 2 is 1.92 bits per heavy atom. The number of hydrogen-bond acceptors (Lipinski definition) is 6. The third-order valence-electron chi connectivity index (χ3n) is 4.33. The molecule has 7 nitrogen and oxygen atoms in total. The highest BCUT2D eigenvalue weighted by atomic mass is 35.5. The summed E-state index contributed by atoms with van der Waals surface area (Å²) in [7, 11) is -3.19. The molecule has 0 radical (unpaired) electrons. The Kier molecular flexibility index (Phi) is 5.91. The number of aromatic nitrogens is 2. The molecule has 26 heavy (non-hydrogen) atoms. The molecule has 3 rings (SSSR count). The monoisotopic (exact) mass is 414 g/mol. The van der Waals surface area contributed by atoms with Crippen LogP contribution in [0.15, 0.2) is 24.3 Å². The molecule has 0 aliphatic carbocycles. The zero-order valence-corrected chi connectivity index (χ0v) is 16.6. The number of sulfonamides is 1. The summed E-state index contributed by atoms with van der Waals surface area (Å²) in [5.74, 6) is -0.277. The lowest BCUT2D eigenvalue weighted by atomic mass is 9.97. The first kappa shape index (κ1) is 19.2. The number of benzene rings is 1. The molecule has 2 aromatic rings. The summed E-state index contributed by atoms with van der Waals surface area (Å²) < 4.78 is 25.2. The topological polar surface area (TPSA) is 92.3 Å². The van der Waals surface area contributed by atoms with E-state index in [9.17, 15) is 13.2 Å². The van der Waals surface area contributed by atoms with Gasteiger partial charge in [-0.2, -0.15) is 0 Å². The molecule has 0 saturated carbocycles. The number of carbonyl (C=O) groups excluding carboxylic acids is 1. The summed E-state index contributed by atoms with van der Waals surface area (Å²) >= 11 is 7.17. The molecule has 1 aliphatic rings. The van der Waals surface area contributed by atoms with Gasteiger partial charge in [-0.15, -0.1) is 10.2 Å². The quantitative estimate of drug-likeness (QED) is 0.812. The summed E-state index contributed by atoms with van der Waals surface area (Å²) in [4.78, 5) is 12.4. The molecule has 1 saturated heterocycles. The summed E-state index contributed by atoms with van der Waals surface area (Å²) in [5.41, 5.74) is 0.880. The lowest BCUT2D eigenvalue weighted by molar-refractivity contribution is -0.120. The highest BCUT2D eigenvalue weighted by molar-refractivity contribution is 7.89. The van der Waals surface area contributed by atoms with E-state index in [4.69, 9.17) is 11.6 Å². The van der Waals surface area contributed by atoms with E-state index in [-0.39, 0.29) is 17.6 Å². The van der Waals surface area contributed by atoms with Crippen LogP contribution in [-0.2, 0) is 14.8 Å². The van der Waals surface area contributed by atoms with E-state index in [0.717, 1.165) is 5.56 Å². The first-order chi connectivity index (χ1) is 12.4. The number of piperidine rings is 1. The number of nitrogens with zero attached hydrogens (tertiary/aromatic N) is 3. The molecular formula is C16H19ClN4O3S2. The number of anilines is 1. The van der Waals surface area contributed by atoms with E-state index >= 15 is 0 Å². The molecule has 0 bridgehead atoms. The van der Waals surface area contributed by atoms with Crippen LogP contribution in [0.2, 0.25) is 5.02 Å². The number of carbonyl (C=O) groups is 1. The minimum absolute atomic E-state index is 0.0854. The Hall–Kier alpha value is -1.55. The zero-order valence-electron chi connectivity index (χ0n) is 14.2. The SMILES string of the molecule is CCS(=O)(=O)N1CCC(C(=O)Nc2nnc(-c3ccc(Cl)cc3)s2)CC1. The maximum atomic E-state index is 12.4. The molecule has 0 atom stereocenters. The molecule has 0 unspecified atom stereocenters. The van der Waals surface area contributed by atoms with Gasteiger partial charge in [0.2, 0.25) is 21.1 Å². The number of hydrogen-bond donors (Lipinski definition) is 1. The van der Waals surface area contributed by atoms with Gasteiger partial charge in [-0.3, -0.25) is 4.79 Å². The third kappa shape index (κ3) is 4.40. The number of rotatable bonds is 5. The molecule has 1 aromatic heterocycles. The van der Waals surface area contributed by atoms with Gasteiger partial charge >= 0.3 is 0 Å². The molecular weight excluding hydrogens is 396 g/mol. The average Bonchev–Trinajstić information content (AvgIpc) is 3.11. The molecule has 0 spiro atoms. The van der Waals surface area contributed by atoms with Gasteiger partial charge in [-0.05, 0) is 31.9 Å². The first-order valence-electron chi connectivity index (χ1n) is 8.27. The van der Waals surface area contributed by atoms with Gasteiger partial charge in [0.15, 0.2) is 0 Å². The van der Waals surface area contributed by atoms with Crippen molar-refractivity contribution in [3.05, 3.63) is 29.3 Å². The second-order valence-electron chi connectivity index (χ2n) is 5.98. The van der Waals surface area contributed by atoms with Crippen LogP contribution < -0.4 is 5.32 Å². The lowest BCUT2D eigenvalue weighted by Gasteiger charge is -2.29. The molecule has 1 N–H and O–H groups in total. The lowest BCUT2D eigenvalue weighted by Crippen LogP contribution is -2.42. The van der Waals surface area contributed by atoms with Crippen molar-refractivity contribution in [2.75, 3.05) is 24.2 Å². The summed E-state index contributed by atoms with van der Waals surface area (Å²) in [6.45, 7) is 2.38. The van der Waals surface area contributed by atoms with Gasteiger partial charge in [0, 0.05) is 29.6 Å². The van der Waals surface area contributed by atoms with Crippen LogP contribution in [0, 0.1) is 5.92 Å². The third-order valence-corrected chi connectivity index (χ3v) is 7.35. The molecule has 10 heteroatoms. The minimum Gasteiger partial charge on any atom is -0.300 e. The van der Waals surface area contributed by atoms with Crippen molar-refractivity contribution >= 4 is 44.0 Å². The maximum absolute atomic E-state index is 12.4. The van der Waals surface area contributed by atoms with E-state index in [2.05, 4.69) is 15.5 Å². The van der Waals surface area contributed by atoms with Crippen LogP contribution in [0.25, 0.3) is 10.6 Å². The smallest absolute Gasteiger partial charge is 0.229 e. The van der Waals surface area contributed by atoms with Crippen LogP contribution in [-0.4, -0.2) is 47.7 Å². The second-order valence-corrected chi connectivity index (χ2v) is 9.65. The van der Waals surface area contributed by atoms with Crippen LogP contribution in [0.5, 0.6) is 0 Å². The van der Waals surface area contributed by atoms with Gasteiger partial charge in [-0.1, -0.05) is 35.1 Å². The van der Waals surface area contributed by atoms with E-state index in [1.165, 1.54) is 15.6 Å². The predicted octanol–water partition coefficient (Wildman–Crippen LogP) is 2.86. The fraction of sp³-hybridized carbons (Fsp3) is 0.438. The van der Waals surface area contributed by atoms with Crippen LogP contribution in [0.3, 0.4) is 0 Å². The van der Waals surface area contributed by atoms with Crippen LogP contribution in [0.4, 0.5) is 5.13 Å². The van der Waals surface area contributed by atoms with Crippen molar-refractivity contribution in [1.82, 2.24) is 14.5 Å². The Bertz CT molecular complexity index is 875. The average molecular weight is 415 g/mol. The van der Waals surface area contributed by atoms with Gasteiger partial charge in [0.25, 0.3) is 0 Å². The zero-order chi connectivity index (χ0) is 18.7. The van der Waals surface area contributed by atoms with Crippen molar-refractivity contribution in [3.63, 3.8) is 0 Å². The largest absolute Gasteiger partial charge is 0.300 e. The molecule has 1 aliphatic heterocycles. The van der Waals surface area contributed by atoms with Gasteiger partial charge in [0.1, 0.15) is 5.01 Å². The molecule has 140 valence electrons. The summed E-state index contributed by atoms with van der Waals surface area (Å²) in [6, 6.07) is 7.24. The number of halogens is 1. The number of nitrogens with one attached hydrogen (secondary N) is 1. The Labute approximate surface area is 161 Å². The standard InChI is InChI=1S/C16H19ClN4O3S2/c1-2-26(23,24)21-9-7-11(8-10-21)14(22)18-16-20-19-15(25-16)12-3-5-13(17)6-4-12/h3-6,11H,2,7-10H2,1H3,(H,18,20,22). The highest BCUT2D eigenvalue weighted by Gasteiger charge is 2.30. The van der Waals surface area contributed by atoms with Gasteiger partial charge < -0.3 is 5.32 Å². The van der Waals surface area contributed by atoms with Crippen molar-refractivity contribution in [2.24, 2.45) is 5.92 Å². The van der Waals surface area contributed by atoms with Crippen molar-refractivity contribution < 1.29 is 13.2 Å². The Morgan fingerprint density at radius 3 is 2.54 bits per heavy atom. The molecule has 1 amide bonds. The van der Waals surface area contributed by atoms with Crippen molar-refractivity contribution in [2.45, 2.75) is 19.8 Å². The molecule has 2 heterocycles. The number of amides is 1.